The summed E-state index contributed by atoms with van der Waals surface area (Å²) in [4.78, 5) is 19.7. The standard InChI is InChI=1S/C19H25N3OS.ClH/c1-13-12-15(6-9-20-13)19(23)22-10-7-14(8-11-22)18-21-16-4-2-3-5-17(16)24-18;/h2-5,13-15,20H,6-12H2,1H3;1H/t13-,15-;/m0./s1. The number of hydrogen-bond donors (Lipinski definition) is 1. The monoisotopic (exact) mass is 379 g/mol. The van der Waals surface area contributed by atoms with Gasteiger partial charge in [0.15, 0.2) is 0 Å². The van der Waals surface area contributed by atoms with E-state index in [-0.39, 0.29) is 18.3 Å². The third kappa shape index (κ3) is 3.99. The Balaban J connectivity index is 0.00000182. The summed E-state index contributed by atoms with van der Waals surface area (Å²) in [5.74, 6) is 1.12. The SMILES string of the molecule is C[C@H]1C[C@@H](C(=O)N2CCC(c3nc4ccccc4s3)CC2)CCN1.Cl. The summed E-state index contributed by atoms with van der Waals surface area (Å²) >= 11 is 1.82. The van der Waals surface area contributed by atoms with Crippen LogP contribution in [0.25, 0.3) is 10.2 Å². The molecule has 1 N–H and O–H groups in total. The van der Waals surface area contributed by atoms with Crippen molar-refractivity contribution in [3.63, 3.8) is 0 Å². The molecule has 2 saturated heterocycles. The lowest BCUT2D eigenvalue weighted by Gasteiger charge is -2.36. The van der Waals surface area contributed by atoms with Gasteiger partial charge in [-0.25, -0.2) is 4.98 Å². The fourth-order valence-corrected chi connectivity index (χ4v) is 5.16. The first kappa shape index (κ1) is 18.6. The van der Waals surface area contributed by atoms with Crippen LogP contribution < -0.4 is 5.32 Å². The number of aromatic nitrogens is 1. The van der Waals surface area contributed by atoms with Gasteiger partial charge in [0.1, 0.15) is 0 Å². The Morgan fingerprint density at radius 1 is 1.24 bits per heavy atom. The first-order valence-corrected chi connectivity index (χ1v) is 9.90. The molecule has 0 unspecified atom stereocenters. The van der Waals surface area contributed by atoms with Crippen LogP contribution in [0.15, 0.2) is 24.3 Å². The number of halogens is 1. The van der Waals surface area contributed by atoms with Crippen LogP contribution in [0.1, 0.15) is 43.5 Å². The quantitative estimate of drug-likeness (QED) is 0.862. The van der Waals surface area contributed by atoms with Crippen LogP contribution in [-0.2, 0) is 4.79 Å². The van der Waals surface area contributed by atoms with Crippen molar-refractivity contribution in [3.8, 4) is 0 Å². The van der Waals surface area contributed by atoms with E-state index in [4.69, 9.17) is 4.98 Å². The Morgan fingerprint density at radius 3 is 2.72 bits per heavy atom. The van der Waals surface area contributed by atoms with Crippen LogP contribution in [0.5, 0.6) is 0 Å². The molecule has 0 bridgehead atoms. The van der Waals surface area contributed by atoms with Gasteiger partial charge in [0.2, 0.25) is 5.91 Å². The highest BCUT2D eigenvalue weighted by Crippen LogP contribution is 2.34. The summed E-state index contributed by atoms with van der Waals surface area (Å²) in [6.07, 6.45) is 4.07. The van der Waals surface area contributed by atoms with E-state index < -0.39 is 0 Å². The molecule has 2 aliphatic heterocycles. The van der Waals surface area contributed by atoms with Gasteiger partial charge in [0.05, 0.1) is 15.2 Å². The van der Waals surface area contributed by atoms with Gasteiger partial charge in [-0.15, -0.1) is 23.7 Å². The van der Waals surface area contributed by atoms with Gasteiger partial charge in [-0.3, -0.25) is 4.79 Å². The van der Waals surface area contributed by atoms with Crippen LogP contribution in [0.2, 0.25) is 0 Å². The molecule has 0 saturated carbocycles. The predicted octanol–water partition coefficient (Wildman–Crippen LogP) is 3.81. The molecule has 2 atom stereocenters. The van der Waals surface area contributed by atoms with E-state index >= 15 is 0 Å². The van der Waals surface area contributed by atoms with Crippen molar-refractivity contribution < 1.29 is 4.79 Å². The lowest BCUT2D eigenvalue weighted by molar-refractivity contribution is -0.137. The zero-order valence-corrected chi connectivity index (χ0v) is 16.2. The number of nitrogens with one attached hydrogen (secondary N) is 1. The zero-order valence-electron chi connectivity index (χ0n) is 14.6. The summed E-state index contributed by atoms with van der Waals surface area (Å²) in [6.45, 7) is 4.92. The van der Waals surface area contributed by atoms with Crippen LogP contribution in [0.3, 0.4) is 0 Å². The third-order valence-electron chi connectivity index (χ3n) is 5.44. The second-order valence-electron chi connectivity index (χ2n) is 7.20. The Labute approximate surface area is 159 Å². The molecule has 4 rings (SSSR count). The largest absolute Gasteiger partial charge is 0.342 e. The molecule has 2 aliphatic rings. The normalized spacial score (nSPS) is 24.9. The van der Waals surface area contributed by atoms with Crippen molar-refractivity contribution in [2.24, 2.45) is 5.92 Å². The molecule has 3 heterocycles. The average Bonchev–Trinajstić information content (AvgIpc) is 3.05. The topological polar surface area (TPSA) is 45.2 Å². The first-order chi connectivity index (χ1) is 11.7. The maximum absolute atomic E-state index is 12.8. The zero-order chi connectivity index (χ0) is 16.5. The minimum atomic E-state index is 0. The van der Waals surface area contributed by atoms with Crippen molar-refractivity contribution in [1.82, 2.24) is 15.2 Å². The molecule has 2 aromatic rings. The van der Waals surface area contributed by atoms with E-state index in [1.165, 1.54) is 9.71 Å². The highest BCUT2D eigenvalue weighted by Gasteiger charge is 2.31. The van der Waals surface area contributed by atoms with E-state index in [1.54, 1.807) is 0 Å². The van der Waals surface area contributed by atoms with Gasteiger partial charge in [-0.1, -0.05) is 12.1 Å². The summed E-state index contributed by atoms with van der Waals surface area (Å²) in [6, 6.07) is 8.83. The Bertz CT molecular complexity index is 693. The van der Waals surface area contributed by atoms with E-state index in [9.17, 15) is 4.79 Å². The van der Waals surface area contributed by atoms with Gasteiger partial charge in [-0.2, -0.15) is 0 Å². The summed E-state index contributed by atoms with van der Waals surface area (Å²) in [5, 5.41) is 4.68. The molecular formula is C19H26ClN3OS. The molecule has 1 aromatic heterocycles. The maximum atomic E-state index is 12.8. The van der Waals surface area contributed by atoms with Crippen molar-refractivity contribution in [2.45, 2.75) is 44.6 Å². The summed E-state index contributed by atoms with van der Waals surface area (Å²) in [5.41, 5.74) is 1.11. The second kappa shape index (κ2) is 8.02. The van der Waals surface area contributed by atoms with Crippen LogP contribution in [0, 0.1) is 5.92 Å². The number of piperidine rings is 2. The fourth-order valence-electron chi connectivity index (χ4n) is 4.03. The molecular weight excluding hydrogens is 354 g/mol. The number of carbonyl (C=O) groups is 1. The van der Waals surface area contributed by atoms with Crippen molar-refractivity contribution in [3.05, 3.63) is 29.3 Å². The van der Waals surface area contributed by atoms with Gasteiger partial charge >= 0.3 is 0 Å². The third-order valence-corrected chi connectivity index (χ3v) is 6.64. The van der Waals surface area contributed by atoms with Gasteiger partial charge < -0.3 is 10.2 Å². The number of rotatable bonds is 2. The number of amides is 1. The van der Waals surface area contributed by atoms with Gasteiger partial charge in [0, 0.05) is 31.0 Å². The number of carbonyl (C=O) groups excluding carboxylic acids is 1. The number of thiazole rings is 1. The number of fused-ring (bicyclic) bond motifs is 1. The molecule has 25 heavy (non-hydrogen) atoms. The molecule has 1 aromatic carbocycles. The lowest BCUT2D eigenvalue weighted by Crippen LogP contribution is -2.46. The van der Waals surface area contributed by atoms with E-state index in [0.717, 1.165) is 50.8 Å². The number of nitrogens with zero attached hydrogens (tertiary/aromatic N) is 2. The minimum Gasteiger partial charge on any atom is -0.342 e. The molecule has 0 aliphatic carbocycles. The van der Waals surface area contributed by atoms with Crippen molar-refractivity contribution in [2.75, 3.05) is 19.6 Å². The minimum absolute atomic E-state index is 0. The number of likely N-dealkylation sites (tertiary alicyclic amines) is 1. The Hall–Kier alpha value is -1.17. The number of para-hydroxylation sites is 1. The summed E-state index contributed by atoms with van der Waals surface area (Å²) in [7, 11) is 0. The molecule has 0 spiro atoms. The predicted molar refractivity (Wildman–Crippen MR) is 106 cm³/mol. The summed E-state index contributed by atoms with van der Waals surface area (Å²) < 4.78 is 1.27. The van der Waals surface area contributed by atoms with Crippen LogP contribution >= 0.6 is 23.7 Å². The lowest BCUT2D eigenvalue weighted by atomic mass is 9.90. The molecule has 6 heteroatoms. The Kier molecular flexibility index (Phi) is 5.97. The molecule has 0 radical (unpaired) electrons. The molecule has 2 fully saturated rings. The average molecular weight is 380 g/mol. The fraction of sp³-hybridized carbons (Fsp3) is 0.579. The van der Waals surface area contributed by atoms with E-state index in [0.29, 0.717) is 17.9 Å². The van der Waals surface area contributed by atoms with E-state index in [2.05, 4.69) is 35.3 Å². The van der Waals surface area contributed by atoms with Gasteiger partial charge in [0.25, 0.3) is 0 Å². The number of benzene rings is 1. The molecule has 136 valence electrons. The maximum Gasteiger partial charge on any atom is 0.225 e. The van der Waals surface area contributed by atoms with Gasteiger partial charge in [-0.05, 0) is 51.3 Å². The number of hydrogen-bond acceptors (Lipinski definition) is 4. The van der Waals surface area contributed by atoms with Crippen molar-refractivity contribution >= 4 is 39.9 Å². The van der Waals surface area contributed by atoms with Crippen LogP contribution in [0.4, 0.5) is 0 Å². The van der Waals surface area contributed by atoms with Crippen LogP contribution in [-0.4, -0.2) is 41.5 Å². The molecule has 4 nitrogen and oxygen atoms in total. The van der Waals surface area contributed by atoms with E-state index in [1.807, 2.05) is 17.4 Å². The smallest absolute Gasteiger partial charge is 0.225 e. The molecule has 1 amide bonds. The Morgan fingerprint density at radius 2 is 2.00 bits per heavy atom. The van der Waals surface area contributed by atoms with Crippen molar-refractivity contribution in [1.29, 1.82) is 0 Å². The highest BCUT2D eigenvalue weighted by molar-refractivity contribution is 7.18. The first-order valence-electron chi connectivity index (χ1n) is 9.08. The highest BCUT2D eigenvalue weighted by atomic mass is 35.5. The second-order valence-corrected chi connectivity index (χ2v) is 8.26.